The fraction of sp³-hybridized carbons (Fsp3) is 0.500. The lowest BCUT2D eigenvalue weighted by Crippen LogP contribution is -2.40. The fourth-order valence-corrected chi connectivity index (χ4v) is 4.98. The minimum absolute atomic E-state index is 0.145. The summed E-state index contributed by atoms with van der Waals surface area (Å²) in [4.78, 5) is 16.5. The number of anilines is 1. The number of H-pyrrole nitrogens is 1. The van der Waals surface area contributed by atoms with Gasteiger partial charge in [0.15, 0.2) is 9.84 Å². The van der Waals surface area contributed by atoms with Crippen LogP contribution in [-0.4, -0.2) is 67.8 Å². The molecule has 0 bridgehead atoms. The highest BCUT2D eigenvalue weighted by Crippen LogP contribution is 2.34. The number of fused-ring (bicyclic) bond motifs is 1. The second kappa shape index (κ2) is 6.72. The zero-order valence-corrected chi connectivity index (χ0v) is 15.9. The molecule has 1 aromatic heterocycles. The number of sulfone groups is 1. The molecule has 146 valence electrons. The summed E-state index contributed by atoms with van der Waals surface area (Å²) in [5.41, 5.74) is 2.90. The normalized spacial score (nSPS) is 25.0. The van der Waals surface area contributed by atoms with E-state index in [1.807, 2.05) is 25.1 Å². The van der Waals surface area contributed by atoms with E-state index >= 15 is 0 Å². The Labute approximate surface area is 157 Å². The van der Waals surface area contributed by atoms with Gasteiger partial charge < -0.3 is 25.0 Å². The first-order valence-corrected chi connectivity index (χ1v) is 10.8. The first-order valence-electron chi connectivity index (χ1n) is 9.02. The smallest absolute Gasteiger partial charge is 0.320 e. The van der Waals surface area contributed by atoms with Crippen LogP contribution in [0.5, 0.6) is 5.75 Å². The number of aliphatic carboxylic acids is 1. The van der Waals surface area contributed by atoms with E-state index < -0.39 is 21.8 Å². The van der Waals surface area contributed by atoms with Crippen LogP contribution in [0, 0.1) is 6.92 Å². The van der Waals surface area contributed by atoms with Crippen LogP contribution in [0.15, 0.2) is 18.2 Å². The van der Waals surface area contributed by atoms with Crippen molar-refractivity contribution in [3.63, 3.8) is 0 Å². The highest BCUT2D eigenvalue weighted by atomic mass is 32.2. The van der Waals surface area contributed by atoms with Gasteiger partial charge in [-0.2, -0.15) is 0 Å². The number of hydrogen-bond donors (Lipinski definition) is 3. The first kappa shape index (κ1) is 18.1. The summed E-state index contributed by atoms with van der Waals surface area (Å²) >= 11 is 0. The molecule has 2 fully saturated rings. The molecule has 0 aliphatic carbocycles. The Bertz CT molecular complexity index is 970. The van der Waals surface area contributed by atoms with E-state index in [0.29, 0.717) is 31.8 Å². The van der Waals surface area contributed by atoms with Gasteiger partial charge in [0.05, 0.1) is 22.7 Å². The molecule has 0 radical (unpaired) electrons. The molecule has 2 aromatic rings. The summed E-state index contributed by atoms with van der Waals surface area (Å²) in [5, 5.41) is 13.1. The van der Waals surface area contributed by atoms with E-state index in [-0.39, 0.29) is 17.6 Å². The number of benzene rings is 1. The first-order chi connectivity index (χ1) is 12.8. The summed E-state index contributed by atoms with van der Waals surface area (Å²) in [6.45, 7) is 3.36. The van der Waals surface area contributed by atoms with Crippen LogP contribution in [0.3, 0.4) is 0 Å². The molecular formula is C18H23N3O5S. The number of rotatable bonds is 4. The molecule has 8 nitrogen and oxygen atoms in total. The van der Waals surface area contributed by atoms with Gasteiger partial charge in [0.25, 0.3) is 0 Å². The van der Waals surface area contributed by atoms with Crippen molar-refractivity contribution in [3.05, 3.63) is 23.9 Å². The topological polar surface area (TPSA) is 112 Å². The van der Waals surface area contributed by atoms with E-state index in [2.05, 4.69) is 15.2 Å². The van der Waals surface area contributed by atoms with Crippen LogP contribution < -0.4 is 15.0 Å². The molecular weight excluding hydrogens is 370 g/mol. The highest BCUT2D eigenvalue weighted by molar-refractivity contribution is 7.91. The average Bonchev–Trinajstić information content (AvgIpc) is 3.20. The number of ether oxygens (including phenoxy) is 1. The molecule has 0 saturated carbocycles. The lowest BCUT2D eigenvalue weighted by Gasteiger charge is -2.29. The Morgan fingerprint density at radius 3 is 2.67 bits per heavy atom. The van der Waals surface area contributed by atoms with E-state index in [1.165, 1.54) is 0 Å². The van der Waals surface area contributed by atoms with Crippen LogP contribution in [0.2, 0.25) is 0 Å². The molecule has 0 spiro atoms. The van der Waals surface area contributed by atoms with Gasteiger partial charge in [-0.3, -0.25) is 4.79 Å². The van der Waals surface area contributed by atoms with Crippen LogP contribution in [0.4, 0.5) is 5.69 Å². The minimum Gasteiger partial charge on any atom is -0.489 e. The quantitative estimate of drug-likeness (QED) is 0.708. The van der Waals surface area contributed by atoms with E-state index in [0.717, 1.165) is 22.3 Å². The third-order valence-electron chi connectivity index (χ3n) is 5.19. The Morgan fingerprint density at radius 1 is 1.26 bits per heavy atom. The number of aromatic amines is 1. The van der Waals surface area contributed by atoms with Crippen molar-refractivity contribution in [3.8, 4) is 5.75 Å². The van der Waals surface area contributed by atoms with Crippen molar-refractivity contribution in [1.82, 2.24) is 10.3 Å². The molecule has 2 aliphatic heterocycles. The van der Waals surface area contributed by atoms with E-state index in [9.17, 15) is 13.2 Å². The maximum atomic E-state index is 11.8. The maximum Gasteiger partial charge on any atom is 0.320 e. The number of carboxylic acids is 1. The molecule has 4 rings (SSSR count). The van der Waals surface area contributed by atoms with Gasteiger partial charge in [-0.15, -0.1) is 0 Å². The Balaban J connectivity index is 1.62. The maximum absolute atomic E-state index is 11.8. The van der Waals surface area contributed by atoms with Gasteiger partial charge in [0, 0.05) is 43.2 Å². The second-order valence-corrected chi connectivity index (χ2v) is 9.58. The summed E-state index contributed by atoms with van der Waals surface area (Å²) in [6, 6.07) is 5.31. The van der Waals surface area contributed by atoms with Gasteiger partial charge in [0.2, 0.25) is 0 Å². The third kappa shape index (κ3) is 3.74. The zero-order valence-electron chi connectivity index (χ0n) is 15.1. The van der Waals surface area contributed by atoms with E-state index in [4.69, 9.17) is 9.84 Å². The van der Waals surface area contributed by atoms with Gasteiger partial charge in [-0.1, -0.05) is 0 Å². The second-order valence-electron chi connectivity index (χ2n) is 7.27. The number of aryl methyl sites for hydroxylation is 1. The zero-order chi connectivity index (χ0) is 19.2. The summed E-state index contributed by atoms with van der Waals surface area (Å²) in [6.07, 6.45) is 0.203. The minimum atomic E-state index is -2.96. The lowest BCUT2D eigenvalue weighted by molar-refractivity contribution is -0.139. The monoisotopic (exact) mass is 393 g/mol. The van der Waals surface area contributed by atoms with E-state index in [1.54, 1.807) is 0 Å². The Kier molecular flexibility index (Phi) is 4.51. The number of carbonyl (C=O) groups is 1. The predicted octanol–water partition coefficient (Wildman–Crippen LogP) is 0.905. The molecule has 1 aromatic carbocycles. The third-order valence-corrected chi connectivity index (χ3v) is 6.80. The summed E-state index contributed by atoms with van der Waals surface area (Å²) in [5.74, 6) is 0.0916. The number of aromatic nitrogens is 1. The van der Waals surface area contributed by atoms with Crippen LogP contribution >= 0.6 is 0 Å². The SMILES string of the molecule is Cc1cc2cc(OC3CN[C@H](C(=O)O)C3)cc(N3CCS(=O)(=O)CC3)c2[nH]1. The molecule has 2 aliphatic rings. The highest BCUT2D eigenvalue weighted by Gasteiger charge is 2.31. The Morgan fingerprint density at radius 2 is 2.00 bits per heavy atom. The van der Waals surface area contributed by atoms with Gasteiger partial charge in [-0.05, 0) is 19.1 Å². The Hall–Kier alpha value is -2.26. The van der Waals surface area contributed by atoms with Crippen molar-refractivity contribution in [2.45, 2.75) is 25.5 Å². The van der Waals surface area contributed by atoms with Gasteiger partial charge >= 0.3 is 5.97 Å². The van der Waals surface area contributed by atoms with Crippen molar-refractivity contribution in [1.29, 1.82) is 0 Å². The van der Waals surface area contributed by atoms with Gasteiger partial charge in [-0.25, -0.2) is 8.42 Å². The largest absolute Gasteiger partial charge is 0.489 e. The van der Waals surface area contributed by atoms with Crippen LogP contribution in [0.1, 0.15) is 12.1 Å². The van der Waals surface area contributed by atoms with Gasteiger partial charge in [0.1, 0.15) is 17.9 Å². The lowest BCUT2D eigenvalue weighted by atomic mass is 10.1. The molecule has 2 atom stereocenters. The number of carboxylic acid groups (broad SMARTS) is 1. The van der Waals surface area contributed by atoms with Crippen LogP contribution in [-0.2, 0) is 14.6 Å². The van der Waals surface area contributed by atoms with Crippen molar-refractivity contribution in [2.75, 3.05) is 36.0 Å². The van der Waals surface area contributed by atoms with Crippen molar-refractivity contribution >= 4 is 32.4 Å². The fourth-order valence-electron chi connectivity index (χ4n) is 3.78. The average molecular weight is 393 g/mol. The molecule has 27 heavy (non-hydrogen) atoms. The predicted molar refractivity (Wildman–Crippen MR) is 102 cm³/mol. The summed E-state index contributed by atoms with van der Waals surface area (Å²) in [7, 11) is -2.96. The molecule has 0 amide bonds. The number of nitrogens with zero attached hydrogens (tertiary/aromatic N) is 1. The standard InChI is InChI=1S/C18H23N3O5S/c1-11-6-12-7-13(26-14-8-15(18(22)23)19-10-14)9-16(17(12)20-11)21-2-4-27(24,25)5-3-21/h6-7,9,14-15,19-20H,2-5,8,10H2,1H3,(H,22,23)/t14?,15-/m0/s1. The number of nitrogens with one attached hydrogen (secondary N) is 2. The molecule has 1 unspecified atom stereocenters. The molecule has 9 heteroatoms. The summed E-state index contributed by atoms with van der Waals surface area (Å²) < 4.78 is 29.6. The molecule has 3 heterocycles. The molecule has 2 saturated heterocycles. The van der Waals surface area contributed by atoms with Crippen molar-refractivity contribution < 1.29 is 23.1 Å². The molecule has 3 N–H and O–H groups in total. The van der Waals surface area contributed by atoms with Crippen LogP contribution in [0.25, 0.3) is 10.9 Å². The number of hydrogen-bond acceptors (Lipinski definition) is 6. The van der Waals surface area contributed by atoms with Crippen molar-refractivity contribution in [2.24, 2.45) is 0 Å².